The molecule has 1 aliphatic heterocycles. The summed E-state index contributed by atoms with van der Waals surface area (Å²) in [4.78, 5) is 18.6. The highest BCUT2D eigenvalue weighted by molar-refractivity contribution is 7.98. The first-order chi connectivity index (χ1) is 19.4. The van der Waals surface area contributed by atoms with Crippen LogP contribution in [-0.4, -0.2) is 42.0 Å². The third-order valence-electron chi connectivity index (χ3n) is 6.78. The normalized spacial score (nSPS) is 14.3. The maximum atomic E-state index is 13.9. The van der Waals surface area contributed by atoms with E-state index in [0.29, 0.717) is 45.3 Å². The van der Waals surface area contributed by atoms with E-state index in [1.807, 2.05) is 37.3 Å². The van der Waals surface area contributed by atoms with Gasteiger partial charge in [0.1, 0.15) is 23.3 Å². The fraction of sp³-hybridized carbons (Fsp3) is 0.233. The highest BCUT2D eigenvalue weighted by Crippen LogP contribution is 2.41. The maximum absolute atomic E-state index is 13.9. The third kappa shape index (κ3) is 5.48. The lowest BCUT2D eigenvalue weighted by Crippen LogP contribution is -2.31. The van der Waals surface area contributed by atoms with Crippen molar-refractivity contribution in [3.8, 4) is 17.2 Å². The molecule has 0 saturated heterocycles. The van der Waals surface area contributed by atoms with E-state index in [1.54, 1.807) is 62.0 Å². The largest absolute Gasteiger partial charge is 0.497 e. The molecular formula is C30H31N5O4S. The Morgan fingerprint density at radius 1 is 0.975 bits per heavy atom. The summed E-state index contributed by atoms with van der Waals surface area (Å²) in [6.45, 7) is 3.95. The number of benzene rings is 3. The van der Waals surface area contributed by atoms with Crippen LogP contribution in [0.3, 0.4) is 0 Å². The molecule has 0 unspecified atom stereocenters. The van der Waals surface area contributed by atoms with Gasteiger partial charge in [-0.25, -0.2) is 4.68 Å². The van der Waals surface area contributed by atoms with Crippen LogP contribution in [0, 0.1) is 6.92 Å². The second-order valence-corrected chi connectivity index (χ2v) is 10.2. The zero-order valence-corrected chi connectivity index (χ0v) is 23.8. The predicted octanol–water partition coefficient (Wildman–Crippen LogP) is 5.83. The zero-order valence-electron chi connectivity index (χ0n) is 23.0. The summed E-state index contributed by atoms with van der Waals surface area (Å²) in [6.07, 6.45) is 0. The molecular weight excluding hydrogens is 526 g/mol. The van der Waals surface area contributed by atoms with E-state index in [0.717, 1.165) is 11.3 Å². The van der Waals surface area contributed by atoms with Gasteiger partial charge in [0.05, 0.1) is 26.9 Å². The van der Waals surface area contributed by atoms with Gasteiger partial charge in [0, 0.05) is 22.7 Å². The van der Waals surface area contributed by atoms with Crippen molar-refractivity contribution in [2.75, 3.05) is 32.0 Å². The Balaban J connectivity index is 1.54. The minimum Gasteiger partial charge on any atom is -0.497 e. The van der Waals surface area contributed by atoms with E-state index >= 15 is 0 Å². The van der Waals surface area contributed by atoms with Gasteiger partial charge in [-0.15, -0.1) is 5.10 Å². The van der Waals surface area contributed by atoms with E-state index < -0.39 is 6.04 Å². The number of allylic oxidation sites excluding steroid dienone is 1. The second kappa shape index (κ2) is 11.7. The minimum atomic E-state index is -0.625. The van der Waals surface area contributed by atoms with E-state index in [1.165, 1.54) is 11.1 Å². The van der Waals surface area contributed by atoms with Gasteiger partial charge in [-0.3, -0.25) is 4.79 Å². The second-order valence-electron chi connectivity index (χ2n) is 9.23. The smallest absolute Gasteiger partial charge is 0.255 e. The highest BCUT2D eigenvalue weighted by Gasteiger charge is 2.36. The molecule has 2 heterocycles. The van der Waals surface area contributed by atoms with E-state index in [2.05, 4.69) is 29.7 Å². The number of nitrogens with zero attached hydrogens (tertiary/aromatic N) is 3. The molecule has 5 rings (SSSR count). The van der Waals surface area contributed by atoms with Gasteiger partial charge < -0.3 is 24.8 Å². The number of thioether (sulfide) groups is 1. The molecule has 9 nitrogen and oxygen atoms in total. The monoisotopic (exact) mass is 557 g/mol. The summed E-state index contributed by atoms with van der Waals surface area (Å²) in [7, 11) is 4.81. The van der Waals surface area contributed by atoms with Gasteiger partial charge in [-0.05, 0) is 67.4 Å². The van der Waals surface area contributed by atoms with Gasteiger partial charge in [-0.1, -0.05) is 36.0 Å². The molecule has 0 bridgehead atoms. The van der Waals surface area contributed by atoms with Crippen molar-refractivity contribution in [3.63, 3.8) is 0 Å². The van der Waals surface area contributed by atoms with Crippen molar-refractivity contribution in [1.29, 1.82) is 0 Å². The van der Waals surface area contributed by atoms with Crippen LogP contribution in [0.15, 0.2) is 83.2 Å². The number of aryl methyl sites for hydroxylation is 1. The van der Waals surface area contributed by atoms with Gasteiger partial charge in [0.2, 0.25) is 11.1 Å². The van der Waals surface area contributed by atoms with Gasteiger partial charge in [0.15, 0.2) is 0 Å². The summed E-state index contributed by atoms with van der Waals surface area (Å²) in [5.74, 6) is 2.93. The Morgan fingerprint density at radius 3 is 2.40 bits per heavy atom. The first kappa shape index (κ1) is 27.1. The molecule has 206 valence electrons. The molecule has 2 N–H and O–H groups in total. The van der Waals surface area contributed by atoms with Crippen molar-refractivity contribution >= 4 is 29.3 Å². The molecule has 0 saturated carbocycles. The van der Waals surface area contributed by atoms with Crippen LogP contribution in [0.4, 0.5) is 11.6 Å². The lowest BCUT2D eigenvalue weighted by molar-refractivity contribution is -0.113. The third-order valence-corrected chi connectivity index (χ3v) is 7.66. The number of anilines is 2. The number of fused-ring (bicyclic) bond motifs is 1. The predicted molar refractivity (Wildman–Crippen MR) is 156 cm³/mol. The summed E-state index contributed by atoms with van der Waals surface area (Å²) in [5.41, 5.74) is 4.94. The first-order valence-corrected chi connectivity index (χ1v) is 13.7. The number of rotatable bonds is 9. The number of carbonyl (C=O) groups excluding carboxylic acids is 1. The Bertz CT molecular complexity index is 1560. The molecule has 4 aromatic rings. The van der Waals surface area contributed by atoms with Crippen LogP contribution in [0.25, 0.3) is 0 Å². The van der Waals surface area contributed by atoms with Gasteiger partial charge >= 0.3 is 0 Å². The number of carbonyl (C=O) groups is 1. The Morgan fingerprint density at radius 2 is 1.70 bits per heavy atom. The zero-order chi connectivity index (χ0) is 28.2. The number of aromatic nitrogens is 3. The molecule has 0 spiro atoms. The van der Waals surface area contributed by atoms with Gasteiger partial charge in [-0.2, -0.15) is 4.98 Å². The molecule has 10 heteroatoms. The standard InChI is InChI=1S/C30H31N5O4S/c1-18-8-6-7-9-20(18)17-40-30-33-29-31-19(2)26(28(36)32-21-10-12-22(37-3)13-11-21)27(35(29)34-30)24-16-23(38-4)14-15-25(24)39-5/h6-16,27H,17H2,1-5H3,(H,32,36)(H,31,33,34)/t27-/m0/s1. The van der Waals surface area contributed by atoms with Crippen molar-refractivity contribution in [2.45, 2.75) is 30.8 Å². The SMILES string of the molecule is COc1ccc(NC(=O)C2=C(C)Nc3nc(SCc4ccccc4C)nn3[C@H]2c2cc(OC)ccc2OC)cc1. The maximum Gasteiger partial charge on any atom is 0.255 e. The Hall–Kier alpha value is -4.44. The van der Waals surface area contributed by atoms with Crippen LogP contribution in [0.5, 0.6) is 17.2 Å². The van der Waals surface area contributed by atoms with Crippen molar-refractivity contribution in [2.24, 2.45) is 0 Å². The fourth-order valence-electron chi connectivity index (χ4n) is 4.61. The molecule has 40 heavy (non-hydrogen) atoms. The lowest BCUT2D eigenvalue weighted by atomic mass is 9.94. The summed E-state index contributed by atoms with van der Waals surface area (Å²) >= 11 is 1.54. The van der Waals surface area contributed by atoms with E-state index in [9.17, 15) is 4.79 Å². The van der Waals surface area contributed by atoms with Crippen LogP contribution in [0.1, 0.15) is 29.7 Å². The topological polar surface area (TPSA) is 99.5 Å². The number of ether oxygens (including phenoxy) is 3. The number of hydrogen-bond donors (Lipinski definition) is 2. The molecule has 1 atom stereocenters. The van der Waals surface area contributed by atoms with Crippen molar-refractivity contribution in [1.82, 2.24) is 14.8 Å². The molecule has 0 aliphatic carbocycles. The fourth-order valence-corrected chi connectivity index (χ4v) is 5.52. The van der Waals surface area contributed by atoms with Crippen LogP contribution >= 0.6 is 11.8 Å². The van der Waals surface area contributed by atoms with Crippen LogP contribution in [0.2, 0.25) is 0 Å². The van der Waals surface area contributed by atoms with Crippen LogP contribution in [-0.2, 0) is 10.5 Å². The summed E-state index contributed by atoms with van der Waals surface area (Å²) in [6, 6.07) is 20.3. The average Bonchev–Trinajstić information content (AvgIpc) is 3.38. The summed E-state index contributed by atoms with van der Waals surface area (Å²) < 4.78 is 18.3. The number of hydrogen-bond acceptors (Lipinski definition) is 8. The minimum absolute atomic E-state index is 0.277. The first-order valence-electron chi connectivity index (χ1n) is 12.7. The molecule has 3 aromatic carbocycles. The summed E-state index contributed by atoms with van der Waals surface area (Å²) in [5, 5.41) is 11.8. The van der Waals surface area contributed by atoms with Crippen molar-refractivity contribution < 1.29 is 19.0 Å². The molecule has 0 radical (unpaired) electrons. The number of nitrogens with one attached hydrogen (secondary N) is 2. The van der Waals surface area contributed by atoms with Crippen molar-refractivity contribution in [3.05, 3.63) is 94.7 Å². The Kier molecular flexibility index (Phi) is 7.97. The Labute approximate surface area is 237 Å². The number of methoxy groups -OCH3 is 3. The lowest BCUT2D eigenvalue weighted by Gasteiger charge is -2.29. The average molecular weight is 558 g/mol. The molecule has 0 fully saturated rings. The molecule has 1 amide bonds. The number of amides is 1. The van der Waals surface area contributed by atoms with Gasteiger partial charge in [0.25, 0.3) is 5.91 Å². The van der Waals surface area contributed by atoms with E-state index in [-0.39, 0.29) is 5.91 Å². The quantitative estimate of drug-likeness (QED) is 0.248. The van der Waals surface area contributed by atoms with E-state index in [4.69, 9.17) is 24.3 Å². The molecule has 1 aromatic heterocycles. The highest BCUT2D eigenvalue weighted by atomic mass is 32.2. The molecule has 1 aliphatic rings. The van der Waals surface area contributed by atoms with Crippen LogP contribution < -0.4 is 24.8 Å².